The molecule has 0 saturated carbocycles. The maximum atomic E-state index is 11.3. The Morgan fingerprint density at radius 1 is 1.32 bits per heavy atom. The molecule has 0 saturated heterocycles. The average molecular weight is 259 g/mol. The molecule has 19 heavy (non-hydrogen) atoms. The summed E-state index contributed by atoms with van der Waals surface area (Å²) < 4.78 is 0. The summed E-state index contributed by atoms with van der Waals surface area (Å²) in [5.74, 6) is -0.707. The summed E-state index contributed by atoms with van der Waals surface area (Å²) in [5, 5.41) is 10.6. The van der Waals surface area contributed by atoms with Gasteiger partial charge in [-0.05, 0) is 17.7 Å². The topological polar surface area (TPSA) is 119 Å². The van der Waals surface area contributed by atoms with Crippen molar-refractivity contribution in [2.45, 2.75) is 0 Å². The summed E-state index contributed by atoms with van der Waals surface area (Å²) in [6.45, 7) is 0. The Morgan fingerprint density at radius 2 is 1.95 bits per heavy atom. The van der Waals surface area contributed by atoms with Crippen LogP contribution in [0.3, 0.4) is 0 Å². The van der Waals surface area contributed by atoms with E-state index in [2.05, 4.69) is 4.98 Å². The first kappa shape index (κ1) is 12.5. The number of carbonyl (C=O) groups excluding carboxylic acids is 2. The maximum Gasteiger partial charge on any atom is 0.269 e. The van der Waals surface area contributed by atoms with E-state index in [0.29, 0.717) is 17.4 Å². The van der Waals surface area contributed by atoms with Gasteiger partial charge >= 0.3 is 0 Å². The van der Waals surface area contributed by atoms with Crippen molar-refractivity contribution < 1.29 is 14.5 Å². The molecule has 0 aliphatic rings. The summed E-state index contributed by atoms with van der Waals surface area (Å²) in [6.07, 6.45) is 1.95. The monoisotopic (exact) mass is 259 g/mol. The molecular formula is C12H9N3O4. The number of nitrogens with one attached hydrogen (secondary N) is 1. The zero-order chi connectivity index (χ0) is 14.0. The van der Waals surface area contributed by atoms with Gasteiger partial charge in [-0.15, -0.1) is 0 Å². The highest BCUT2D eigenvalue weighted by Crippen LogP contribution is 2.28. The quantitative estimate of drug-likeness (QED) is 0.491. The van der Waals surface area contributed by atoms with E-state index in [9.17, 15) is 19.7 Å². The normalized spacial score (nSPS) is 10.1. The van der Waals surface area contributed by atoms with Crippen LogP contribution in [-0.2, 0) is 0 Å². The van der Waals surface area contributed by atoms with E-state index in [-0.39, 0.29) is 16.9 Å². The van der Waals surface area contributed by atoms with Gasteiger partial charge in [0.25, 0.3) is 11.6 Å². The number of amides is 1. The van der Waals surface area contributed by atoms with E-state index < -0.39 is 10.8 Å². The predicted octanol–water partition coefficient (Wildman–Crippen LogP) is 1.50. The van der Waals surface area contributed by atoms with Gasteiger partial charge in [-0.1, -0.05) is 0 Å². The molecule has 2 aromatic rings. The van der Waals surface area contributed by atoms with Gasteiger partial charge < -0.3 is 10.7 Å². The lowest BCUT2D eigenvalue weighted by atomic mass is 10.0. The highest BCUT2D eigenvalue weighted by Gasteiger charge is 2.17. The summed E-state index contributed by atoms with van der Waals surface area (Å²) in [6, 6.07) is 5.50. The molecule has 0 bridgehead atoms. The van der Waals surface area contributed by atoms with Crippen molar-refractivity contribution in [3.8, 4) is 11.1 Å². The number of benzene rings is 1. The number of aromatic nitrogens is 1. The molecule has 0 fully saturated rings. The fraction of sp³-hybridized carbons (Fsp3) is 0. The maximum absolute atomic E-state index is 11.3. The first-order valence-corrected chi connectivity index (χ1v) is 5.25. The summed E-state index contributed by atoms with van der Waals surface area (Å²) in [4.78, 5) is 34.9. The standard InChI is InChI=1S/C12H9N3O4/c13-12(17)11-10(8(6-16)5-14-11)7-1-3-9(4-2-7)15(18)19/h1-6,14H,(H2,13,17). The van der Waals surface area contributed by atoms with Crippen molar-refractivity contribution in [1.29, 1.82) is 0 Å². The molecule has 1 aromatic carbocycles. The van der Waals surface area contributed by atoms with Crippen molar-refractivity contribution in [3.05, 3.63) is 51.8 Å². The van der Waals surface area contributed by atoms with E-state index in [1.807, 2.05) is 0 Å². The van der Waals surface area contributed by atoms with Crippen molar-refractivity contribution in [3.63, 3.8) is 0 Å². The third-order valence-electron chi connectivity index (χ3n) is 2.65. The van der Waals surface area contributed by atoms with Crippen LogP contribution >= 0.6 is 0 Å². The highest BCUT2D eigenvalue weighted by molar-refractivity contribution is 6.03. The zero-order valence-electron chi connectivity index (χ0n) is 9.62. The molecule has 7 nitrogen and oxygen atoms in total. The number of primary amides is 1. The summed E-state index contributed by atoms with van der Waals surface area (Å²) in [5.41, 5.74) is 6.33. The molecule has 3 N–H and O–H groups in total. The van der Waals surface area contributed by atoms with Crippen LogP contribution in [0.5, 0.6) is 0 Å². The number of rotatable bonds is 4. The third kappa shape index (κ3) is 2.21. The Balaban J connectivity index is 2.57. The smallest absolute Gasteiger partial charge is 0.269 e. The molecule has 1 heterocycles. The molecule has 0 radical (unpaired) electrons. The lowest BCUT2D eigenvalue weighted by molar-refractivity contribution is -0.384. The average Bonchev–Trinajstić information content (AvgIpc) is 2.82. The van der Waals surface area contributed by atoms with E-state index in [4.69, 9.17) is 5.73 Å². The van der Waals surface area contributed by atoms with Crippen LogP contribution in [0.1, 0.15) is 20.8 Å². The summed E-state index contributed by atoms with van der Waals surface area (Å²) >= 11 is 0. The van der Waals surface area contributed by atoms with Crippen molar-refractivity contribution in [2.75, 3.05) is 0 Å². The Morgan fingerprint density at radius 3 is 2.42 bits per heavy atom. The SMILES string of the molecule is NC(=O)c1[nH]cc(C=O)c1-c1ccc([N+](=O)[O-])cc1. The van der Waals surface area contributed by atoms with Gasteiger partial charge in [0.05, 0.1) is 4.92 Å². The van der Waals surface area contributed by atoms with Crippen LogP contribution < -0.4 is 5.73 Å². The van der Waals surface area contributed by atoms with Crippen LogP contribution in [0, 0.1) is 10.1 Å². The molecule has 0 aliphatic heterocycles. The second-order valence-electron chi connectivity index (χ2n) is 3.78. The fourth-order valence-electron chi connectivity index (χ4n) is 1.79. The van der Waals surface area contributed by atoms with Gasteiger partial charge in [0, 0.05) is 29.5 Å². The van der Waals surface area contributed by atoms with E-state index in [0.717, 1.165) is 0 Å². The number of nitrogens with two attached hydrogens (primary N) is 1. The lowest BCUT2D eigenvalue weighted by Crippen LogP contribution is -2.12. The van der Waals surface area contributed by atoms with Gasteiger partial charge in [-0.2, -0.15) is 0 Å². The second kappa shape index (κ2) is 4.73. The van der Waals surface area contributed by atoms with Crippen LogP contribution in [-0.4, -0.2) is 22.1 Å². The van der Waals surface area contributed by atoms with Gasteiger partial charge in [-0.25, -0.2) is 0 Å². The molecule has 0 spiro atoms. The molecular weight excluding hydrogens is 250 g/mol. The van der Waals surface area contributed by atoms with Crippen LogP contribution in [0.15, 0.2) is 30.5 Å². The number of non-ortho nitro benzene ring substituents is 1. The van der Waals surface area contributed by atoms with Gasteiger partial charge in [0.15, 0.2) is 6.29 Å². The number of nitro benzene ring substituents is 1. The fourth-order valence-corrected chi connectivity index (χ4v) is 1.79. The first-order chi connectivity index (χ1) is 9.04. The van der Waals surface area contributed by atoms with Crippen molar-refractivity contribution in [1.82, 2.24) is 4.98 Å². The number of carbonyl (C=O) groups is 2. The third-order valence-corrected chi connectivity index (χ3v) is 2.65. The summed E-state index contributed by atoms with van der Waals surface area (Å²) in [7, 11) is 0. The number of nitro groups is 1. The Bertz CT molecular complexity index is 658. The lowest BCUT2D eigenvalue weighted by Gasteiger charge is -2.02. The van der Waals surface area contributed by atoms with Crippen LogP contribution in [0.25, 0.3) is 11.1 Å². The van der Waals surface area contributed by atoms with E-state index in [1.54, 1.807) is 0 Å². The second-order valence-corrected chi connectivity index (χ2v) is 3.78. The molecule has 96 valence electrons. The zero-order valence-corrected chi connectivity index (χ0v) is 9.62. The van der Waals surface area contributed by atoms with Crippen LogP contribution in [0.4, 0.5) is 5.69 Å². The molecule has 1 aromatic heterocycles. The molecule has 1 amide bonds. The molecule has 2 rings (SSSR count). The minimum Gasteiger partial charge on any atom is -0.364 e. The number of nitrogens with zero attached hydrogens (tertiary/aromatic N) is 1. The number of aldehydes is 1. The van der Waals surface area contributed by atoms with Crippen molar-refractivity contribution >= 4 is 17.9 Å². The number of H-pyrrole nitrogens is 1. The molecule has 0 unspecified atom stereocenters. The number of hydrogen-bond acceptors (Lipinski definition) is 4. The van der Waals surface area contributed by atoms with Crippen molar-refractivity contribution in [2.24, 2.45) is 5.73 Å². The largest absolute Gasteiger partial charge is 0.364 e. The van der Waals surface area contributed by atoms with Gasteiger partial charge in [0.2, 0.25) is 0 Å². The minimum atomic E-state index is -0.707. The van der Waals surface area contributed by atoms with E-state index in [1.165, 1.54) is 30.5 Å². The predicted molar refractivity (Wildman–Crippen MR) is 66.8 cm³/mol. The Hall–Kier alpha value is -2.96. The number of hydrogen-bond donors (Lipinski definition) is 2. The van der Waals surface area contributed by atoms with Gasteiger partial charge in [-0.3, -0.25) is 19.7 Å². The number of aromatic amines is 1. The van der Waals surface area contributed by atoms with Crippen LogP contribution in [0.2, 0.25) is 0 Å². The Kier molecular flexibility index (Phi) is 3.11. The van der Waals surface area contributed by atoms with E-state index >= 15 is 0 Å². The highest BCUT2D eigenvalue weighted by atomic mass is 16.6. The minimum absolute atomic E-state index is 0.0763. The first-order valence-electron chi connectivity index (χ1n) is 5.25. The van der Waals surface area contributed by atoms with Gasteiger partial charge in [0.1, 0.15) is 5.69 Å². The molecule has 7 heteroatoms. The molecule has 0 aliphatic carbocycles. The molecule has 0 atom stereocenters. The Labute approximate surface area is 107 Å².